The lowest BCUT2D eigenvalue weighted by Gasteiger charge is -2.32. The molecule has 0 aromatic heterocycles. The fourth-order valence-corrected chi connectivity index (χ4v) is 2.06. The maximum atomic E-state index is 12.0. The van der Waals surface area contributed by atoms with Gasteiger partial charge in [-0.25, -0.2) is 0 Å². The summed E-state index contributed by atoms with van der Waals surface area (Å²) in [4.78, 5) is 13.9. The van der Waals surface area contributed by atoms with E-state index in [4.69, 9.17) is 15.2 Å². The minimum atomic E-state index is -0.158. The summed E-state index contributed by atoms with van der Waals surface area (Å²) < 4.78 is 10.7. The highest BCUT2D eigenvalue weighted by molar-refractivity contribution is 5.76. The predicted molar refractivity (Wildman–Crippen MR) is 65.7 cm³/mol. The fraction of sp³-hybridized carbons (Fsp3) is 0.917. The van der Waals surface area contributed by atoms with E-state index >= 15 is 0 Å². The summed E-state index contributed by atoms with van der Waals surface area (Å²) in [6.45, 7) is 4.38. The first-order valence-corrected chi connectivity index (χ1v) is 6.34. The lowest BCUT2D eigenvalue weighted by Crippen LogP contribution is -2.42. The Bertz CT molecular complexity index is 230. The van der Waals surface area contributed by atoms with Crippen molar-refractivity contribution in [3.63, 3.8) is 0 Å². The van der Waals surface area contributed by atoms with Gasteiger partial charge < -0.3 is 20.1 Å². The Labute approximate surface area is 103 Å². The highest BCUT2D eigenvalue weighted by Gasteiger charge is 2.24. The summed E-state index contributed by atoms with van der Waals surface area (Å²) in [5.74, 6) is 0.112. The molecular formula is C12H24N2O3. The molecule has 0 radical (unpaired) electrons. The van der Waals surface area contributed by atoms with Crippen LogP contribution in [-0.2, 0) is 14.3 Å². The van der Waals surface area contributed by atoms with Gasteiger partial charge in [0.1, 0.15) is 0 Å². The van der Waals surface area contributed by atoms with Gasteiger partial charge in [0.05, 0.1) is 12.5 Å². The van der Waals surface area contributed by atoms with Gasteiger partial charge in [0.25, 0.3) is 0 Å². The van der Waals surface area contributed by atoms with Crippen LogP contribution < -0.4 is 5.73 Å². The molecule has 1 amide bonds. The van der Waals surface area contributed by atoms with E-state index in [1.165, 1.54) is 0 Å². The molecule has 2 N–H and O–H groups in total. The molecule has 0 aromatic rings. The number of hydrogen-bond acceptors (Lipinski definition) is 4. The summed E-state index contributed by atoms with van der Waals surface area (Å²) in [7, 11) is 1.86. The number of nitrogens with zero attached hydrogens (tertiary/aromatic N) is 1. The zero-order valence-corrected chi connectivity index (χ0v) is 10.9. The van der Waals surface area contributed by atoms with E-state index < -0.39 is 0 Å². The Morgan fingerprint density at radius 1 is 1.53 bits per heavy atom. The van der Waals surface area contributed by atoms with Crippen molar-refractivity contribution in [2.24, 2.45) is 5.73 Å². The maximum Gasteiger partial charge on any atom is 0.225 e. The Balaban J connectivity index is 2.39. The molecule has 0 saturated carbocycles. The van der Waals surface area contributed by atoms with E-state index in [1.54, 1.807) is 0 Å². The van der Waals surface area contributed by atoms with Gasteiger partial charge in [0.15, 0.2) is 0 Å². The standard InChI is InChI=1S/C12H24N2O3/c1-3-17-11(9-13)8-12(15)14(2)10-4-6-16-7-5-10/h10-11H,3-9,13H2,1-2H3. The van der Waals surface area contributed by atoms with Crippen LogP contribution >= 0.6 is 0 Å². The lowest BCUT2D eigenvalue weighted by atomic mass is 10.1. The minimum absolute atomic E-state index is 0.112. The minimum Gasteiger partial charge on any atom is -0.381 e. The molecule has 1 rings (SSSR count). The summed E-state index contributed by atoms with van der Waals surface area (Å²) in [6.07, 6.45) is 2.06. The van der Waals surface area contributed by atoms with Gasteiger partial charge in [-0.1, -0.05) is 0 Å². The van der Waals surface area contributed by atoms with Crippen LogP contribution in [0.25, 0.3) is 0 Å². The molecule has 17 heavy (non-hydrogen) atoms. The van der Waals surface area contributed by atoms with Gasteiger partial charge >= 0.3 is 0 Å². The predicted octanol–water partition coefficient (Wildman–Crippen LogP) is 0.378. The largest absolute Gasteiger partial charge is 0.381 e. The summed E-state index contributed by atoms with van der Waals surface area (Å²) in [6, 6.07) is 0.302. The van der Waals surface area contributed by atoms with Crippen LogP contribution in [0.3, 0.4) is 0 Å². The third-order valence-corrected chi connectivity index (χ3v) is 3.20. The second kappa shape index (κ2) is 7.63. The first kappa shape index (κ1) is 14.4. The topological polar surface area (TPSA) is 64.8 Å². The van der Waals surface area contributed by atoms with Gasteiger partial charge in [0, 0.05) is 39.5 Å². The van der Waals surface area contributed by atoms with Gasteiger partial charge in [0.2, 0.25) is 5.91 Å². The molecule has 0 bridgehead atoms. The van der Waals surface area contributed by atoms with E-state index in [0.29, 0.717) is 25.6 Å². The first-order valence-electron chi connectivity index (χ1n) is 6.34. The SMILES string of the molecule is CCOC(CN)CC(=O)N(C)C1CCOCC1. The molecule has 1 aliphatic rings. The third kappa shape index (κ3) is 4.61. The van der Waals surface area contributed by atoms with Crippen LogP contribution in [0.2, 0.25) is 0 Å². The second-order valence-corrected chi connectivity index (χ2v) is 4.37. The van der Waals surface area contributed by atoms with Crippen LogP contribution in [0.5, 0.6) is 0 Å². The smallest absolute Gasteiger partial charge is 0.225 e. The Kier molecular flexibility index (Phi) is 6.47. The number of amides is 1. The number of hydrogen-bond donors (Lipinski definition) is 1. The molecule has 1 fully saturated rings. The average Bonchev–Trinajstić information content (AvgIpc) is 2.38. The van der Waals surface area contributed by atoms with Gasteiger partial charge in [-0.15, -0.1) is 0 Å². The van der Waals surface area contributed by atoms with Crippen molar-refractivity contribution in [1.82, 2.24) is 4.90 Å². The van der Waals surface area contributed by atoms with E-state index in [9.17, 15) is 4.79 Å². The number of carbonyl (C=O) groups is 1. The maximum absolute atomic E-state index is 12.0. The Morgan fingerprint density at radius 3 is 2.71 bits per heavy atom. The fourth-order valence-electron chi connectivity index (χ4n) is 2.06. The number of ether oxygens (including phenoxy) is 2. The van der Waals surface area contributed by atoms with Crippen molar-refractivity contribution in [2.75, 3.05) is 33.4 Å². The molecule has 100 valence electrons. The number of carbonyl (C=O) groups excluding carboxylic acids is 1. The molecule has 1 aliphatic heterocycles. The van der Waals surface area contributed by atoms with E-state index in [1.807, 2.05) is 18.9 Å². The van der Waals surface area contributed by atoms with Gasteiger partial charge in [-0.2, -0.15) is 0 Å². The van der Waals surface area contributed by atoms with Crippen molar-refractivity contribution in [2.45, 2.75) is 38.3 Å². The molecule has 1 saturated heterocycles. The average molecular weight is 244 g/mol. The highest BCUT2D eigenvalue weighted by Crippen LogP contribution is 2.14. The molecular weight excluding hydrogens is 220 g/mol. The number of rotatable bonds is 6. The number of nitrogens with two attached hydrogens (primary N) is 1. The molecule has 1 heterocycles. The molecule has 0 aliphatic carbocycles. The van der Waals surface area contributed by atoms with Crippen LogP contribution in [0.1, 0.15) is 26.2 Å². The molecule has 5 heteroatoms. The molecule has 5 nitrogen and oxygen atoms in total. The van der Waals surface area contributed by atoms with Crippen molar-refractivity contribution in [3.8, 4) is 0 Å². The lowest BCUT2D eigenvalue weighted by molar-refractivity contribution is -0.136. The van der Waals surface area contributed by atoms with Gasteiger partial charge in [-0.3, -0.25) is 4.79 Å². The molecule has 0 aromatic carbocycles. The Morgan fingerprint density at radius 2 is 2.18 bits per heavy atom. The highest BCUT2D eigenvalue weighted by atomic mass is 16.5. The van der Waals surface area contributed by atoms with Crippen LogP contribution in [0, 0.1) is 0 Å². The summed E-state index contributed by atoms with van der Waals surface area (Å²) >= 11 is 0. The molecule has 0 spiro atoms. The third-order valence-electron chi connectivity index (χ3n) is 3.20. The second-order valence-electron chi connectivity index (χ2n) is 4.37. The van der Waals surface area contributed by atoms with Crippen molar-refractivity contribution >= 4 is 5.91 Å². The monoisotopic (exact) mass is 244 g/mol. The summed E-state index contributed by atoms with van der Waals surface area (Å²) in [5.41, 5.74) is 5.57. The summed E-state index contributed by atoms with van der Waals surface area (Å²) in [5, 5.41) is 0. The van der Waals surface area contributed by atoms with Crippen LogP contribution in [-0.4, -0.2) is 56.4 Å². The normalized spacial score (nSPS) is 19.0. The van der Waals surface area contributed by atoms with Crippen molar-refractivity contribution in [1.29, 1.82) is 0 Å². The van der Waals surface area contributed by atoms with Crippen LogP contribution in [0.15, 0.2) is 0 Å². The molecule has 1 atom stereocenters. The zero-order valence-electron chi connectivity index (χ0n) is 10.9. The molecule has 1 unspecified atom stereocenters. The Hall–Kier alpha value is -0.650. The van der Waals surface area contributed by atoms with Gasteiger partial charge in [-0.05, 0) is 19.8 Å². The van der Waals surface area contributed by atoms with E-state index in [0.717, 1.165) is 26.1 Å². The van der Waals surface area contributed by atoms with E-state index in [-0.39, 0.29) is 12.0 Å². The first-order chi connectivity index (χ1) is 8.19. The van der Waals surface area contributed by atoms with Crippen LogP contribution in [0.4, 0.5) is 0 Å². The zero-order chi connectivity index (χ0) is 12.7. The quantitative estimate of drug-likeness (QED) is 0.733. The van der Waals surface area contributed by atoms with Crippen molar-refractivity contribution < 1.29 is 14.3 Å². The van der Waals surface area contributed by atoms with E-state index in [2.05, 4.69) is 0 Å². The van der Waals surface area contributed by atoms with Crippen molar-refractivity contribution in [3.05, 3.63) is 0 Å².